The van der Waals surface area contributed by atoms with Gasteiger partial charge in [-0.2, -0.15) is 10.2 Å². The van der Waals surface area contributed by atoms with E-state index in [0.29, 0.717) is 36.5 Å². The van der Waals surface area contributed by atoms with Crippen molar-refractivity contribution in [2.75, 3.05) is 60.9 Å². The van der Waals surface area contributed by atoms with Gasteiger partial charge in [0.1, 0.15) is 17.6 Å². The maximum Gasteiger partial charge on any atom is 0.284 e. The van der Waals surface area contributed by atoms with Gasteiger partial charge in [0.05, 0.1) is 30.4 Å². The van der Waals surface area contributed by atoms with Crippen LogP contribution in [0.5, 0.6) is 0 Å². The Bertz CT molecular complexity index is 2160. The van der Waals surface area contributed by atoms with Crippen molar-refractivity contribution in [3.63, 3.8) is 0 Å². The molecule has 0 radical (unpaired) electrons. The molecule has 4 aromatic rings. The van der Waals surface area contributed by atoms with Crippen LogP contribution in [0.25, 0.3) is 5.65 Å². The summed E-state index contributed by atoms with van der Waals surface area (Å²) in [4.78, 5) is 48.6. The molecule has 5 fully saturated rings. The number of benzene rings is 1. The van der Waals surface area contributed by atoms with Crippen LogP contribution in [-0.2, 0) is 9.59 Å². The lowest BCUT2D eigenvalue weighted by atomic mass is 9.71. The number of nitrogens with zero attached hydrogens (tertiary/aromatic N) is 8. The molecule has 14 nitrogen and oxygen atoms in total. The minimum absolute atomic E-state index is 0.0316. The zero-order valence-electron chi connectivity index (χ0n) is 33.1. The number of likely N-dealkylation sites (tertiary alicyclic amines) is 1. The maximum absolute atomic E-state index is 14.3. The van der Waals surface area contributed by atoms with E-state index in [2.05, 4.69) is 47.7 Å². The Hall–Kier alpha value is -5.03. The van der Waals surface area contributed by atoms with Gasteiger partial charge in [0.25, 0.3) is 12.3 Å². The van der Waals surface area contributed by atoms with Crippen LogP contribution in [0.15, 0.2) is 48.9 Å². The number of fused-ring (bicyclic) bond motifs is 1. The van der Waals surface area contributed by atoms with E-state index in [9.17, 15) is 27.6 Å². The van der Waals surface area contributed by atoms with Gasteiger partial charge in [-0.1, -0.05) is 12.1 Å². The summed E-state index contributed by atoms with van der Waals surface area (Å²) in [6.07, 6.45) is 8.85. The second-order valence-electron chi connectivity index (χ2n) is 17.5. The molecule has 59 heavy (non-hydrogen) atoms. The van der Waals surface area contributed by atoms with Crippen LogP contribution in [0.4, 0.5) is 30.4 Å². The van der Waals surface area contributed by atoms with Crippen molar-refractivity contribution in [3.05, 3.63) is 65.7 Å². The number of nitrogens with two attached hydrogens (primary N) is 1. The molecule has 314 valence electrons. The third-order valence-electron chi connectivity index (χ3n) is 13.5. The predicted octanol–water partition coefficient (Wildman–Crippen LogP) is 5.24. The molecule has 4 N–H and O–H groups in total. The van der Waals surface area contributed by atoms with Gasteiger partial charge in [0, 0.05) is 55.6 Å². The molecule has 4 saturated heterocycles. The number of hydrogen-bond donors (Lipinski definition) is 3. The third kappa shape index (κ3) is 8.27. The summed E-state index contributed by atoms with van der Waals surface area (Å²) in [5.74, 6) is -0.266. The number of halogens is 3. The van der Waals surface area contributed by atoms with E-state index < -0.39 is 24.2 Å². The summed E-state index contributed by atoms with van der Waals surface area (Å²) in [5, 5.41) is 13.6. The lowest BCUT2D eigenvalue weighted by Gasteiger charge is -2.55. The summed E-state index contributed by atoms with van der Waals surface area (Å²) in [6, 6.07) is 9.58. The fraction of sp³-hybridized carbons (Fsp3) is 0.571. The Morgan fingerprint density at radius 1 is 1.00 bits per heavy atom. The molecule has 1 unspecified atom stereocenters. The fourth-order valence-corrected chi connectivity index (χ4v) is 10.0. The zero-order valence-corrected chi connectivity index (χ0v) is 33.1. The highest BCUT2D eigenvalue weighted by Crippen LogP contribution is 2.43. The summed E-state index contributed by atoms with van der Waals surface area (Å²) in [6.45, 7) is 5.90. The van der Waals surface area contributed by atoms with Crippen molar-refractivity contribution in [2.24, 2.45) is 17.1 Å². The molecule has 17 heteroatoms. The van der Waals surface area contributed by atoms with Crippen molar-refractivity contribution in [2.45, 2.75) is 94.8 Å². The van der Waals surface area contributed by atoms with Crippen LogP contribution >= 0.6 is 0 Å². The van der Waals surface area contributed by atoms with E-state index >= 15 is 0 Å². The average Bonchev–Trinajstić information content (AvgIpc) is 3.84. The Balaban J connectivity index is 0.736. The number of piperidine rings is 3. The van der Waals surface area contributed by atoms with Gasteiger partial charge in [0.15, 0.2) is 11.3 Å². The topological polar surface area (TPSA) is 159 Å². The van der Waals surface area contributed by atoms with Crippen molar-refractivity contribution in [1.29, 1.82) is 0 Å². The van der Waals surface area contributed by atoms with Gasteiger partial charge in [-0.25, -0.2) is 22.7 Å². The first-order valence-electron chi connectivity index (χ1n) is 21.1. The molecule has 1 saturated carbocycles. The van der Waals surface area contributed by atoms with E-state index in [4.69, 9.17) is 5.73 Å². The minimum atomic E-state index is -2.88. The Morgan fingerprint density at radius 3 is 2.47 bits per heavy atom. The smallest absolute Gasteiger partial charge is 0.284 e. The highest BCUT2D eigenvalue weighted by atomic mass is 19.3. The van der Waals surface area contributed by atoms with Crippen LogP contribution in [0, 0.1) is 11.3 Å². The number of alkyl halides is 3. The first-order valence-corrected chi connectivity index (χ1v) is 21.1. The van der Waals surface area contributed by atoms with Crippen LogP contribution in [0.2, 0.25) is 0 Å². The molecule has 1 aromatic carbocycles. The van der Waals surface area contributed by atoms with Gasteiger partial charge >= 0.3 is 0 Å². The van der Waals surface area contributed by atoms with Gasteiger partial charge in [0.2, 0.25) is 11.8 Å². The summed E-state index contributed by atoms with van der Waals surface area (Å²) >= 11 is 0. The van der Waals surface area contributed by atoms with E-state index in [1.807, 2.05) is 12.1 Å². The molecule has 0 bridgehead atoms. The van der Waals surface area contributed by atoms with Crippen LogP contribution in [0.1, 0.15) is 104 Å². The molecule has 9 rings (SSSR count). The molecular formula is C42H52F3N11O3. The maximum atomic E-state index is 14.3. The van der Waals surface area contributed by atoms with Crippen molar-refractivity contribution in [3.8, 4) is 0 Å². The quantitative estimate of drug-likeness (QED) is 0.181. The molecule has 5 aliphatic rings. The molecular weight excluding hydrogens is 764 g/mol. The van der Waals surface area contributed by atoms with E-state index in [0.717, 1.165) is 70.4 Å². The highest BCUT2D eigenvalue weighted by molar-refractivity contribution is 6.08. The summed E-state index contributed by atoms with van der Waals surface area (Å²) in [5.41, 5.74) is 8.35. The number of anilines is 3. The van der Waals surface area contributed by atoms with Crippen LogP contribution < -0.4 is 26.2 Å². The lowest BCUT2D eigenvalue weighted by Crippen LogP contribution is -2.60. The summed E-state index contributed by atoms with van der Waals surface area (Å²) < 4.78 is 45.8. The van der Waals surface area contributed by atoms with Crippen LogP contribution in [0.3, 0.4) is 0 Å². The van der Waals surface area contributed by atoms with Crippen LogP contribution in [-0.4, -0.2) is 105 Å². The predicted molar refractivity (Wildman–Crippen MR) is 215 cm³/mol. The number of hydrogen-bond acceptors (Lipinski definition) is 10. The number of amides is 3. The average molecular weight is 816 g/mol. The second-order valence-corrected chi connectivity index (χ2v) is 17.5. The Labute approximate surface area is 340 Å². The number of aromatic nitrogens is 5. The SMILES string of the molecule is N[C@@H]1C[C@@H](F)CN(c2ccn3ncc(C(=O)Nc4cn(C5CCC(CCN6CCC7(CC6)CN(c6ccc(C8CCC(=O)NC8=O)cc6)C7)CC5)nc4C(F)F)c3n2)C1. The first-order chi connectivity index (χ1) is 28.5. The van der Waals surface area contributed by atoms with E-state index in [1.165, 1.54) is 35.4 Å². The van der Waals surface area contributed by atoms with Crippen molar-refractivity contribution in [1.82, 2.24) is 34.6 Å². The number of imide groups is 1. The molecule has 1 spiro atoms. The fourth-order valence-electron chi connectivity index (χ4n) is 10.0. The number of carbonyl (C=O) groups excluding carboxylic acids is 3. The molecule has 3 atom stereocenters. The minimum Gasteiger partial charge on any atom is -0.370 e. The number of rotatable bonds is 10. The molecule has 7 heterocycles. The normalized spacial score (nSPS) is 26.4. The molecule has 4 aliphatic heterocycles. The molecule has 3 amide bonds. The zero-order chi connectivity index (χ0) is 40.8. The summed E-state index contributed by atoms with van der Waals surface area (Å²) in [7, 11) is 0. The van der Waals surface area contributed by atoms with Crippen molar-refractivity contribution >= 4 is 40.6 Å². The first kappa shape index (κ1) is 39.4. The van der Waals surface area contributed by atoms with Gasteiger partial charge < -0.3 is 25.8 Å². The number of nitrogens with one attached hydrogen (secondary N) is 2. The standard InChI is InChI=1S/C42H52F3N11O3/c43-28-19-29(46)22-53(21-28)35-12-16-55-39(49-35)33(20-47-55)41(59)48-34-23-56(51-37(34)38(44)45)31-5-1-26(2-6-31)11-15-52-17-13-42(14-18-52)24-54(25-42)30-7-3-27(4-8-30)32-9-10-36(57)50-40(32)58/h3-4,7-8,12,16,20,23,26,28-29,31-32,38H,1-2,5-6,9-11,13-15,17-19,21-22,24-25,46H2,(H,48,59)(H,50,57,58)/t26?,28-,29-,31?,32?/m1/s1. The largest absolute Gasteiger partial charge is 0.370 e. The van der Waals surface area contributed by atoms with Crippen molar-refractivity contribution < 1.29 is 27.6 Å². The lowest BCUT2D eigenvalue weighted by molar-refractivity contribution is -0.134. The third-order valence-corrected chi connectivity index (χ3v) is 13.5. The molecule has 3 aromatic heterocycles. The highest BCUT2D eigenvalue weighted by Gasteiger charge is 2.45. The Morgan fingerprint density at radius 2 is 1.76 bits per heavy atom. The van der Waals surface area contributed by atoms with E-state index in [-0.39, 0.29) is 59.7 Å². The van der Waals surface area contributed by atoms with Gasteiger partial charge in [-0.15, -0.1) is 0 Å². The number of carbonyl (C=O) groups is 3. The Kier molecular flexibility index (Phi) is 10.8. The monoisotopic (exact) mass is 815 g/mol. The van der Waals surface area contributed by atoms with E-state index in [1.54, 1.807) is 21.8 Å². The van der Waals surface area contributed by atoms with Gasteiger partial charge in [-0.05, 0) is 107 Å². The molecule has 1 aliphatic carbocycles. The second kappa shape index (κ2) is 16.2. The van der Waals surface area contributed by atoms with Gasteiger partial charge in [-0.3, -0.25) is 24.4 Å².